The Morgan fingerprint density at radius 1 is 1.17 bits per heavy atom. The number of nitrogens with one attached hydrogen (secondary N) is 1. The highest BCUT2D eigenvalue weighted by Gasteiger charge is 2.17. The van der Waals surface area contributed by atoms with E-state index in [1.807, 2.05) is 32.0 Å². The molecule has 0 heterocycles. The molecule has 0 aromatic heterocycles. The van der Waals surface area contributed by atoms with Crippen molar-refractivity contribution in [1.29, 1.82) is 0 Å². The van der Waals surface area contributed by atoms with Gasteiger partial charge in [-0.2, -0.15) is 0 Å². The number of nitro benzene ring substituents is 1. The number of para-hydroxylation sites is 1. The lowest BCUT2D eigenvalue weighted by atomic mass is 10.1. The fourth-order valence-electron chi connectivity index (χ4n) is 2.15. The molecule has 0 fully saturated rings. The summed E-state index contributed by atoms with van der Waals surface area (Å²) in [6, 6.07) is 10.8. The molecule has 0 aliphatic heterocycles. The molecule has 0 aliphatic rings. The van der Waals surface area contributed by atoms with E-state index < -0.39 is 4.92 Å². The second kappa shape index (κ2) is 7.28. The van der Waals surface area contributed by atoms with Crippen LogP contribution < -0.4 is 5.32 Å². The van der Waals surface area contributed by atoms with Gasteiger partial charge in [0.2, 0.25) is 5.91 Å². The van der Waals surface area contributed by atoms with Gasteiger partial charge in [0.05, 0.1) is 10.7 Å². The lowest BCUT2D eigenvalue weighted by molar-refractivity contribution is -0.384. The average molecular weight is 330 g/mol. The van der Waals surface area contributed by atoms with Gasteiger partial charge in [-0.25, -0.2) is 0 Å². The maximum Gasteiger partial charge on any atom is 0.293 e. The Balaban J connectivity index is 2.09. The van der Waals surface area contributed by atoms with Crippen LogP contribution in [0.25, 0.3) is 0 Å². The second-order valence-corrected chi connectivity index (χ2v) is 6.35. The van der Waals surface area contributed by atoms with E-state index >= 15 is 0 Å². The number of thioether (sulfide) groups is 1. The molecule has 1 amide bonds. The van der Waals surface area contributed by atoms with Gasteiger partial charge in [-0.1, -0.05) is 29.8 Å². The van der Waals surface area contributed by atoms with Crippen molar-refractivity contribution in [3.63, 3.8) is 0 Å². The summed E-state index contributed by atoms with van der Waals surface area (Å²) in [7, 11) is 0. The number of rotatable bonds is 5. The highest BCUT2D eigenvalue weighted by Crippen LogP contribution is 2.28. The summed E-state index contributed by atoms with van der Waals surface area (Å²) in [6.45, 7) is 5.73. The van der Waals surface area contributed by atoms with Crippen molar-refractivity contribution >= 4 is 29.0 Å². The van der Waals surface area contributed by atoms with E-state index in [1.54, 1.807) is 19.1 Å². The Labute approximate surface area is 139 Å². The summed E-state index contributed by atoms with van der Waals surface area (Å²) in [5, 5.41) is 13.7. The fraction of sp³-hybridized carbons (Fsp3) is 0.235. The number of anilines is 1. The summed E-state index contributed by atoms with van der Waals surface area (Å²) in [6.07, 6.45) is 0. The molecular weight excluding hydrogens is 312 g/mol. The SMILES string of the molecule is Cc1ccc(C)c(SCC(=O)Nc2c(C)cccc2[N+](=O)[O-])c1. The summed E-state index contributed by atoms with van der Waals surface area (Å²) in [5.41, 5.74) is 3.09. The van der Waals surface area contributed by atoms with Crippen LogP contribution in [0.5, 0.6) is 0 Å². The smallest absolute Gasteiger partial charge is 0.293 e. The molecule has 0 unspecified atom stereocenters. The summed E-state index contributed by atoms with van der Waals surface area (Å²) in [4.78, 5) is 23.8. The minimum Gasteiger partial charge on any atom is -0.319 e. The van der Waals surface area contributed by atoms with Crippen LogP contribution in [0.15, 0.2) is 41.3 Å². The first-order valence-electron chi connectivity index (χ1n) is 7.12. The molecule has 0 bridgehead atoms. The number of nitro groups is 1. The number of benzene rings is 2. The van der Waals surface area contributed by atoms with Gasteiger partial charge in [0, 0.05) is 11.0 Å². The number of amides is 1. The van der Waals surface area contributed by atoms with Gasteiger partial charge in [0.25, 0.3) is 5.69 Å². The van der Waals surface area contributed by atoms with Gasteiger partial charge in [0.15, 0.2) is 0 Å². The van der Waals surface area contributed by atoms with Gasteiger partial charge in [-0.15, -0.1) is 11.8 Å². The predicted molar refractivity (Wildman–Crippen MR) is 93.1 cm³/mol. The van der Waals surface area contributed by atoms with Gasteiger partial charge < -0.3 is 5.32 Å². The van der Waals surface area contributed by atoms with Crippen LogP contribution in [0.2, 0.25) is 0 Å². The Bertz CT molecular complexity index is 759. The maximum atomic E-state index is 12.2. The van der Waals surface area contributed by atoms with Crippen molar-refractivity contribution in [2.24, 2.45) is 0 Å². The predicted octanol–water partition coefficient (Wildman–Crippen LogP) is 4.25. The molecule has 2 aromatic carbocycles. The Kier molecular flexibility index (Phi) is 5.39. The van der Waals surface area contributed by atoms with Crippen molar-refractivity contribution < 1.29 is 9.72 Å². The molecule has 0 aliphatic carbocycles. The molecule has 23 heavy (non-hydrogen) atoms. The molecule has 0 saturated carbocycles. The molecule has 1 N–H and O–H groups in total. The van der Waals surface area contributed by atoms with Gasteiger partial charge in [-0.05, 0) is 38.0 Å². The fourth-order valence-corrected chi connectivity index (χ4v) is 3.07. The van der Waals surface area contributed by atoms with Gasteiger partial charge in [-0.3, -0.25) is 14.9 Å². The number of carbonyl (C=O) groups excluding carboxylic acids is 1. The molecule has 6 heteroatoms. The van der Waals surface area contributed by atoms with Crippen LogP contribution in [0.1, 0.15) is 16.7 Å². The van der Waals surface area contributed by atoms with Crippen molar-refractivity contribution in [2.45, 2.75) is 25.7 Å². The van der Waals surface area contributed by atoms with E-state index in [4.69, 9.17) is 0 Å². The zero-order chi connectivity index (χ0) is 17.0. The zero-order valence-electron chi connectivity index (χ0n) is 13.3. The minimum atomic E-state index is -0.486. The summed E-state index contributed by atoms with van der Waals surface area (Å²) in [5.74, 6) is -0.0520. The van der Waals surface area contributed by atoms with Crippen LogP contribution >= 0.6 is 11.8 Å². The summed E-state index contributed by atoms with van der Waals surface area (Å²) >= 11 is 1.43. The maximum absolute atomic E-state index is 12.2. The standard InChI is InChI=1S/C17H18N2O3S/c1-11-7-8-12(2)15(9-11)23-10-16(20)18-17-13(3)5-4-6-14(17)19(21)22/h4-9H,10H2,1-3H3,(H,18,20). The van der Waals surface area contributed by atoms with Crippen LogP contribution in [0.4, 0.5) is 11.4 Å². The lowest BCUT2D eigenvalue weighted by Crippen LogP contribution is -2.16. The van der Waals surface area contributed by atoms with E-state index in [2.05, 4.69) is 5.32 Å². The normalized spacial score (nSPS) is 10.4. The highest BCUT2D eigenvalue weighted by atomic mass is 32.2. The van der Waals surface area contributed by atoms with E-state index in [1.165, 1.54) is 17.8 Å². The number of aryl methyl sites for hydroxylation is 3. The Hall–Kier alpha value is -2.34. The third-order valence-electron chi connectivity index (χ3n) is 3.41. The number of hydrogen-bond donors (Lipinski definition) is 1. The third-order valence-corrected chi connectivity index (χ3v) is 4.57. The second-order valence-electron chi connectivity index (χ2n) is 5.33. The van der Waals surface area contributed by atoms with Gasteiger partial charge in [0.1, 0.15) is 5.69 Å². The molecule has 0 atom stereocenters. The molecule has 2 aromatic rings. The molecule has 0 spiro atoms. The summed E-state index contributed by atoms with van der Waals surface area (Å²) < 4.78 is 0. The highest BCUT2D eigenvalue weighted by molar-refractivity contribution is 8.00. The average Bonchev–Trinajstić information content (AvgIpc) is 2.50. The Morgan fingerprint density at radius 2 is 1.91 bits per heavy atom. The number of carbonyl (C=O) groups is 1. The van der Waals surface area contributed by atoms with Crippen molar-refractivity contribution in [3.05, 3.63) is 63.2 Å². The molecule has 0 radical (unpaired) electrons. The van der Waals surface area contributed by atoms with Crippen molar-refractivity contribution in [2.75, 3.05) is 11.1 Å². The molecule has 5 nitrogen and oxygen atoms in total. The van der Waals surface area contributed by atoms with Gasteiger partial charge >= 0.3 is 0 Å². The van der Waals surface area contributed by atoms with Crippen LogP contribution in [0, 0.1) is 30.9 Å². The first-order chi connectivity index (χ1) is 10.9. The third kappa shape index (κ3) is 4.32. The molecule has 0 saturated heterocycles. The van der Waals surface area contributed by atoms with Crippen molar-refractivity contribution in [1.82, 2.24) is 0 Å². The molecular formula is C17H18N2O3S. The van der Waals surface area contributed by atoms with Crippen LogP contribution in [-0.2, 0) is 4.79 Å². The van der Waals surface area contributed by atoms with E-state index in [0.717, 1.165) is 16.0 Å². The number of nitrogens with zero attached hydrogens (tertiary/aromatic N) is 1. The monoisotopic (exact) mass is 330 g/mol. The first-order valence-corrected chi connectivity index (χ1v) is 8.11. The first kappa shape index (κ1) is 17.0. The molecule has 120 valence electrons. The topological polar surface area (TPSA) is 72.2 Å². The molecule has 2 rings (SSSR count). The van der Waals surface area contributed by atoms with E-state index in [9.17, 15) is 14.9 Å². The largest absolute Gasteiger partial charge is 0.319 e. The van der Waals surface area contributed by atoms with E-state index in [0.29, 0.717) is 5.56 Å². The quantitative estimate of drug-likeness (QED) is 0.505. The number of hydrogen-bond acceptors (Lipinski definition) is 4. The zero-order valence-corrected chi connectivity index (χ0v) is 14.1. The van der Waals surface area contributed by atoms with Crippen LogP contribution in [-0.4, -0.2) is 16.6 Å². The van der Waals surface area contributed by atoms with Crippen molar-refractivity contribution in [3.8, 4) is 0 Å². The lowest BCUT2D eigenvalue weighted by Gasteiger charge is -2.10. The minimum absolute atomic E-state index is 0.0879. The van der Waals surface area contributed by atoms with E-state index in [-0.39, 0.29) is 23.0 Å². The Morgan fingerprint density at radius 3 is 2.61 bits per heavy atom. The van der Waals surface area contributed by atoms with Crippen LogP contribution in [0.3, 0.4) is 0 Å².